The molecule has 1 aliphatic rings. The van der Waals surface area contributed by atoms with Crippen LogP contribution in [0.4, 0.5) is 0 Å². The fraction of sp³-hybridized carbons (Fsp3) is 0.348. The molecule has 1 unspecified atom stereocenters. The summed E-state index contributed by atoms with van der Waals surface area (Å²) in [6, 6.07) is 15.4. The van der Waals surface area contributed by atoms with Gasteiger partial charge in [0.25, 0.3) is 5.56 Å². The highest BCUT2D eigenvalue weighted by molar-refractivity contribution is 5.78. The third kappa shape index (κ3) is 4.16. The Balaban J connectivity index is 1.44. The second kappa shape index (κ2) is 8.47. The van der Waals surface area contributed by atoms with Crippen molar-refractivity contribution in [3.05, 3.63) is 70.3 Å². The number of aryl methyl sites for hydroxylation is 1. The van der Waals surface area contributed by atoms with Gasteiger partial charge in [-0.15, -0.1) is 0 Å². The van der Waals surface area contributed by atoms with Crippen molar-refractivity contribution >= 4 is 16.8 Å². The summed E-state index contributed by atoms with van der Waals surface area (Å²) in [4.78, 5) is 34.4. The van der Waals surface area contributed by atoms with E-state index < -0.39 is 0 Å². The lowest BCUT2D eigenvalue weighted by molar-refractivity contribution is -0.132. The third-order valence-corrected chi connectivity index (χ3v) is 5.39. The van der Waals surface area contributed by atoms with E-state index in [9.17, 15) is 9.59 Å². The lowest BCUT2D eigenvalue weighted by Gasteiger charge is -2.25. The fourth-order valence-electron chi connectivity index (χ4n) is 3.99. The number of hydrogen-bond acceptors (Lipinski definition) is 4. The van der Waals surface area contributed by atoms with Gasteiger partial charge in [0.2, 0.25) is 5.91 Å². The van der Waals surface area contributed by atoms with Gasteiger partial charge in [0.05, 0.1) is 23.6 Å². The lowest BCUT2D eigenvalue weighted by atomic mass is 10.0. The fourth-order valence-corrected chi connectivity index (χ4v) is 3.99. The van der Waals surface area contributed by atoms with E-state index in [1.54, 1.807) is 6.07 Å². The summed E-state index contributed by atoms with van der Waals surface area (Å²) >= 11 is 0. The van der Waals surface area contributed by atoms with Gasteiger partial charge in [-0.2, -0.15) is 0 Å². The maximum atomic E-state index is 12.9. The first-order valence-electron chi connectivity index (χ1n) is 10.2. The number of H-pyrrole nitrogens is 1. The molecule has 1 atom stereocenters. The summed E-state index contributed by atoms with van der Waals surface area (Å²) in [6.45, 7) is 3.36. The van der Waals surface area contributed by atoms with E-state index in [1.807, 2.05) is 54.3 Å². The van der Waals surface area contributed by atoms with Crippen molar-refractivity contribution in [1.82, 2.24) is 14.9 Å². The van der Waals surface area contributed by atoms with Crippen LogP contribution in [-0.2, 0) is 11.2 Å². The topological polar surface area (TPSA) is 75.3 Å². The molecule has 150 valence electrons. The highest BCUT2D eigenvalue weighted by Crippen LogP contribution is 2.33. The number of amides is 1. The van der Waals surface area contributed by atoms with Crippen LogP contribution in [0.25, 0.3) is 10.9 Å². The molecule has 1 fully saturated rings. The number of likely N-dealkylation sites (tertiary alicyclic amines) is 1. The normalized spacial score (nSPS) is 16.3. The Kier molecular flexibility index (Phi) is 5.60. The molecular weight excluding hydrogens is 366 g/mol. The maximum Gasteiger partial charge on any atom is 0.258 e. The standard InChI is InChI=1S/C23H25N3O3/c1-2-29-17-11-9-16(10-12-17)20-8-5-15-26(20)22(27)14-13-21-24-19-7-4-3-6-18(19)23(28)25-21/h3-4,6-7,9-12,20H,2,5,8,13-15H2,1H3,(H,24,25,28). The van der Waals surface area contributed by atoms with Gasteiger partial charge in [0.15, 0.2) is 0 Å². The molecule has 1 aromatic heterocycles. The van der Waals surface area contributed by atoms with Gasteiger partial charge in [-0.1, -0.05) is 24.3 Å². The van der Waals surface area contributed by atoms with Gasteiger partial charge in [0.1, 0.15) is 11.6 Å². The minimum absolute atomic E-state index is 0.0946. The van der Waals surface area contributed by atoms with E-state index in [1.165, 1.54) is 0 Å². The van der Waals surface area contributed by atoms with Gasteiger partial charge in [-0.25, -0.2) is 4.98 Å². The molecular formula is C23H25N3O3. The van der Waals surface area contributed by atoms with Gasteiger partial charge >= 0.3 is 0 Å². The van der Waals surface area contributed by atoms with Crippen LogP contribution in [0, 0.1) is 0 Å². The quantitative estimate of drug-likeness (QED) is 0.696. The number of benzene rings is 2. The van der Waals surface area contributed by atoms with Crippen molar-refractivity contribution in [2.45, 2.75) is 38.6 Å². The molecule has 0 aliphatic carbocycles. The number of para-hydroxylation sites is 1. The third-order valence-electron chi connectivity index (χ3n) is 5.39. The van der Waals surface area contributed by atoms with Crippen LogP contribution in [0.15, 0.2) is 53.3 Å². The number of nitrogens with zero attached hydrogens (tertiary/aromatic N) is 2. The highest BCUT2D eigenvalue weighted by Gasteiger charge is 2.29. The Bertz CT molecular complexity index is 1060. The summed E-state index contributed by atoms with van der Waals surface area (Å²) in [5.74, 6) is 1.49. The van der Waals surface area contributed by atoms with Crippen LogP contribution < -0.4 is 10.3 Å². The van der Waals surface area contributed by atoms with Crippen molar-refractivity contribution in [3.63, 3.8) is 0 Å². The molecule has 1 saturated heterocycles. The minimum Gasteiger partial charge on any atom is -0.494 e. The summed E-state index contributed by atoms with van der Waals surface area (Å²) in [6.07, 6.45) is 2.71. The molecule has 0 saturated carbocycles. The average Bonchev–Trinajstić information content (AvgIpc) is 3.23. The molecule has 0 radical (unpaired) electrons. The number of rotatable bonds is 6. The van der Waals surface area contributed by atoms with E-state index in [0.29, 0.717) is 36.2 Å². The van der Waals surface area contributed by atoms with Gasteiger partial charge in [-0.05, 0) is 49.6 Å². The molecule has 3 aromatic rings. The number of aromatic nitrogens is 2. The summed E-state index contributed by atoms with van der Waals surface area (Å²) < 4.78 is 5.51. The van der Waals surface area contributed by atoms with Crippen LogP contribution >= 0.6 is 0 Å². The van der Waals surface area contributed by atoms with Crippen LogP contribution in [-0.4, -0.2) is 33.9 Å². The molecule has 1 aliphatic heterocycles. The Hall–Kier alpha value is -3.15. The Labute approximate surface area is 169 Å². The van der Waals surface area contributed by atoms with Crippen molar-refractivity contribution in [2.24, 2.45) is 0 Å². The van der Waals surface area contributed by atoms with Crippen molar-refractivity contribution in [3.8, 4) is 5.75 Å². The number of carbonyl (C=O) groups excluding carboxylic acids is 1. The first kappa shape index (κ1) is 19.2. The van der Waals surface area contributed by atoms with E-state index in [-0.39, 0.29) is 17.5 Å². The van der Waals surface area contributed by atoms with Crippen molar-refractivity contribution in [2.75, 3.05) is 13.2 Å². The zero-order chi connectivity index (χ0) is 20.2. The summed E-state index contributed by atoms with van der Waals surface area (Å²) in [7, 11) is 0. The van der Waals surface area contributed by atoms with Crippen LogP contribution in [0.5, 0.6) is 5.75 Å². The van der Waals surface area contributed by atoms with Gasteiger partial charge < -0.3 is 14.6 Å². The second-order valence-electron chi connectivity index (χ2n) is 7.28. The van der Waals surface area contributed by atoms with E-state index in [2.05, 4.69) is 9.97 Å². The lowest BCUT2D eigenvalue weighted by Crippen LogP contribution is -2.31. The monoisotopic (exact) mass is 391 g/mol. The summed E-state index contributed by atoms with van der Waals surface area (Å²) in [5, 5.41) is 0.567. The number of ether oxygens (including phenoxy) is 1. The molecule has 6 nitrogen and oxygen atoms in total. The minimum atomic E-state index is -0.161. The molecule has 29 heavy (non-hydrogen) atoms. The maximum absolute atomic E-state index is 12.9. The molecule has 0 bridgehead atoms. The van der Waals surface area contributed by atoms with E-state index in [4.69, 9.17) is 4.74 Å². The Morgan fingerprint density at radius 1 is 1.21 bits per heavy atom. The Morgan fingerprint density at radius 2 is 2.00 bits per heavy atom. The van der Waals surface area contributed by atoms with E-state index >= 15 is 0 Å². The first-order chi connectivity index (χ1) is 14.2. The van der Waals surface area contributed by atoms with Gasteiger partial charge in [0, 0.05) is 19.4 Å². The first-order valence-corrected chi connectivity index (χ1v) is 10.2. The molecule has 0 spiro atoms. The van der Waals surface area contributed by atoms with Crippen LogP contribution in [0.2, 0.25) is 0 Å². The molecule has 6 heteroatoms. The number of fused-ring (bicyclic) bond motifs is 1. The predicted molar refractivity (Wildman–Crippen MR) is 112 cm³/mol. The van der Waals surface area contributed by atoms with Crippen molar-refractivity contribution < 1.29 is 9.53 Å². The van der Waals surface area contributed by atoms with Gasteiger partial charge in [-0.3, -0.25) is 9.59 Å². The number of aromatic amines is 1. The van der Waals surface area contributed by atoms with Crippen LogP contribution in [0.3, 0.4) is 0 Å². The SMILES string of the molecule is CCOc1ccc(C2CCCN2C(=O)CCc2nc3ccccc3c(=O)[nH]2)cc1. The molecule has 1 N–H and O–H groups in total. The zero-order valence-corrected chi connectivity index (χ0v) is 16.6. The molecule has 2 aromatic carbocycles. The average molecular weight is 391 g/mol. The highest BCUT2D eigenvalue weighted by atomic mass is 16.5. The molecule has 2 heterocycles. The number of carbonyl (C=O) groups is 1. The van der Waals surface area contributed by atoms with Crippen molar-refractivity contribution in [1.29, 1.82) is 0 Å². The number of nitrogens with one attached hydrogen (secondary N) is 1. The molecule has 4 rings (SSSR count). The predicted octanol–water partition coefficient (Wildman–Crippen LogP) is 3.62. The second-order valence-corrected chi connectivity index (χ2v) is 7.28. The zero-order valence-electron chi connectivity index (χ0n) is 16.6. The van der Waals surface area contributed by atoms with E-state index in [0.717, 1.165) is 30.7 Å². The molecule has 1 amide bonds. The largest absolute Gasteiger partial charge is 0.494 e. The summed E-state index contributed by atoms with van der Waals surface area (Å²) in [5.41, 5.74) is 1.63. The number of hydrogen-bond donors (Lipinski definition) is 1. The smallest absolute Gasteiger partial charge is 0.258 e. The Morgan fingerprint density at radius 3 is 2.79 bits per heavy atom. The van der Waals surface area contributed by atoms with Crippen LogP contribution in [0.1, 0.15) is 43.6 Å².